The van der Waals surface area contributed by atoms with Crippen LogP contribution in [-0.2, 0) is 0 Å². The normalized spacial score (nSPS) is 31.5. The molecule has 3 atom stereocenters. The van der Waals surface area contributed by atoms with Crippen molar-refractivity contribution in [2.45, 2.75) is 33.1 Å². The molecule has 0 spiro atoms. The molecule has 0 bridgehead atoms. The minimum absolute atomic E-state index is 0.131. The number of carbonyl (C=O) groups is 1. The first kappa shape index (κ1) is 10.3. The van der Waals surface area contributed by atoms with Gasteiger partial charge in [-0.2, -0.15) is 5.10 Å². The molecule has 4 nitrogen and oxygen atoms in total. The Morgan fingerprint density at radius 1 is 1.40 bits per heavy atom. The molecule has 0 amide bonds. The highest BCUT2D eigenvalue weighted by atomic mass is 16.1. The number of aromatic nitrogens is 3. The fourth-order valence-corrected chi connectivity index (χ4v) is 2.30. The Morgan fingerprint density at radius 2 is 2.20 bits per heavy atom. The predicted octanol–water partition coefficient (Wildman–Crippen LogP) is 2.06. The standard InChI is InChI=1S/C11H17N3O/c1-7-3-4-9(5-8(7)2)10(15)11-12-6-13-14-11/h6-9H,3-5H2,1-2H3,(H,12,13,14). The van der Waals surface area contributed by atoms with Crippen molar-refractivity contribution < 1.29 is 4.79 Å². The summed E-state index contributed by atoms with van der Waals surface area (Å²) in [6, 6.07) is 0. The maximum atomic E-state index is 12.0. The third kappa shape index (κ3) is 2.08. The molecule has 1 fully saturated rings. The minimum atomic E-state index is 0.131. The Bertz CT molecular complexity index is 334. The van der Waals surface area contributed by atoms with E-state index in [1.54, 1.807) is 0 Å². The number of nitrogens with zero attached hydrogens (tertiary/aromatic N) is 2. The quantitative estimate of drug-likeness (QED) is 0.755. The lowest BCUT2D eigenvalue weighted by atomic mass is 9.74. The highest BCUT2D eigenvalue weighted by Gasteiger charge is 2.30. The minimum Gasteiger partial charge on any atom is -0.290 e. The van der Waals surface area contributed by atoms with Crippen molar-refractivity contribution in [2.75, 3.05) is 0 Å². The van der Waals surface area contributed by atoms with E-state index in [2.05, 4.69) is 29.0 Å². The first-order valence-electron chi connectivity index (χ1n) is 5.58. The highest BCUT2D eigenvalue weighted by Crippen LogP contribution is 2.34. The number of rotatable bonds is 2. The van der Waals surface area contributed by atoms with E-state index in [1.807, 2.05) is 0 Å². The molecule has 2 rings (SSSR count). The number of carbonyl (C=O) groups excluding carboxylic acids is 1. The predicted molar refractivity (Wildman–Crippen MR) is 56.4 cm³/mol. The zero-order valence-corrected chi connectivity index (χ0v) is 9.23. The van der Waals surface area contributed by atoms with Gasteiger partial charge in [-0.25, -0.2) is 4.98 Å². The Balaban J connectivity index is 2.03. The summed E-state index contributed by atoms with van der Waals surface area (Å²) in [6.07, 6.45) is 4.51. The summed E-state index contributed by atoms with van der Waals surface area (Å²) >= 11 is 0. The van der Waals surface area contributed by atoms with Gasteiger partial charge in [0.15, 0.2) is 5.82 Å². The molecule has 0 radical (unpaired) electrons. The average molecular weight is 207 g/mol. The molecule has 0 aromatic carbocycles. The first-order chi connectivity index (χ1) is 7.18. The largest absolute Gasteiger partial charge is 0.290 e. The van der Waals surface area contributed by atoms with Crippen LogP contribution >= 0.6 is 0 Å². The molecule has 15 heavy (non-hydrogen) atoms. The molecule has 82 valence electrons. The Morgan fingerprint density at radius 3 is 2.80 bits per heavy atom. The van der Waals surface area contributed by atoms with E-state index in [9.17, 15) is 4.79 Å². The van der Waals surface area contributed by atoms with Gasteiger partial charge in [0, 0.05) is 5.92 Å². The maximum absolute atomic E-state index is 12.0. The molecule has 1 aliphatic rings. The lowest BCUT2D eigenvalue weighted by Gasteiger charge is -2.30. The third-order valence-electron chi connectivity index (χ3n) is 3.62. The molecular formula is C11H17N3O. The Labute approximate surface area is 89.5 Å². The fourth-order valence-electron chi connectivity index (χ4n) is 2.30. The van der Waals surface area contributed by atoms with Crippen molar-refractivity contribution >= 4 is 5.78 Å². The van der Waals surface area contributed by atoms with Gasteiger partial charge in [0.1, 0.15) is 6.33 Å². The summed E-state index contributed by atoms with van der Waals surface area (Å²) in [7, 11) is 0. The van der Waals surface area contributed by atoms with Crippen LogP contribution in [0.4, 0.5) is 0 Å². The summed E-state index contributed by atoms with van der Waals surface area (Å²) in [4.78, 5) is 15.9. The van der Waals surface area contributed by atoms with Gasteiger partial charge in [-0.15, -0.1) is 0 Å². The third-order valence-corrected chi connectivity index (χ3v) is 3.62. The lowest BCUT2D eigenvalue weighted by Crippen LogP contribution is -2.27. The van der Waals surface area contributed by atoms with Gasteiger partial charge in [-0.3, -0.25) is 9.89 Å². The van der Waals surface area contributed by atoms with Crippen molar-refractivity contribution in [1.29, 1.82) is 0 Å². The van der Waals surface area contributed by atoms with Crippen LogP contribution in [0.25, 0.3) is 0 Å². The van der Waals surface area contributed by atoms with Crippen LogP contribution in [0.2, 0.25) is 0 Å². The van der Waals surface area contributed by atoms with Gasteiger partial charge in [0.05, 0.1) is 0 Å². The zero-order chi connectivity index (χ0) is 10.8. The maximum Gasteiger partial charge on any atom is 0.202 e. The van der Waals surface area contributed by atoms with Crippen molar-refractivity contribution in [3.63, 3.8) is 0 Å². The molecule has 4 heteroatoms. The van der Waals surface area contributed by atoms with Crippen LogP contribution in [-0.4, -0.2) is 21.0 Å². The van der Waals surface area contributed by atoms with Crippen LogP contribution in [0.3, 0.4) is 0 Å². The smallest absolute Gasteiger partial charge is 0.202 e. The van der Waals surface area contributed by atoms with E-state index in [4.69, 9.17) is 0 Å². The summed E-state index contributed by atoms with van der Waals surface area (Å²) in [6.45, 7) is 4.49. The van der Waals surface area contributed by atoms with Crippen molar-refractivity contribution in [3.05, 3.63) is 12.2 Å². The molecule has 1 aromatic heterocycles. The molecule has 0 saturated heterocycles. The fraction of sp³-hybridized carbons (Fsp3) is 0.727. The Hall–Kier alpha value is -1.19. The van der Waals surface area contributed by atoms with Crippen molar-refractivity contribution in [1.82, 2.24) is 15.2 Å². The van der Waals surface area contributed by atoms with Gasteiger partial charge in [0.25, 0.3) is 0 Å². The molecule has 1 heterocycles. The van der Waals surface area contributed by atoms with E-state index >= 15 is 0 Å². The van der Waals surface area contributed by atoms with Crippen LogP contribution < -0.4 is 0 Å². The van der Waals surface area contributed by atoms with Gasteiger partial charge in [-0.1, -0.05) is 13.8 Å². The van der Waals surface area contributed by atoms with Crippen LogP contribution in [0.5, 0.6) is 0 Å². The number of aromatic amines is 1. The van der Waals surface area contributed by atoms with Crippen LogP contribution in [0.15, 0.2) is 6.33 Å². The molecular weight excluding hydrogens is 190 g/mol. The molecule has 1 saturated carbocycles. The number of Topliss-reactive ketones (excluding diaryl/α,β-unsaturated/α-hetero) is 1. The van der Waals surface area contributed by atoms with Gasteiger partial charge >= 0.3 is 0 Å². The molecule has 1 aliphatic carbocycles. The van der Waals surface area contributed by atoms with Crippen molar-refractivity contribution in [3.8, 4) is 0 Å². The van der Waals surface area contributed by atoms with Gasteiger partial charge in [0.2, 0.25) is 5.78 Å². The second kappa shape index (κ2) is 4.13. The highest BCUT2D eigenvalue weighted by molar-refractivity contribution is 5.94. The van der Waals surface area contributed by atoms with E-state index in [1.165, 1.54) is 6.33 Å². The van der Waals surface area contributed by atoms with Crippen LogP contribution in [0.1, 0.15) is 43.7 Å². The van der Waals surface area contributed by atoms with Gasteiger partial charge in [-0.05, 0) is 31.1 Å². The van der Waals surface area contributed by atoms with Crippen molar-refractivity contribution in [2.24, 2.45) is 17.8 Å². The summed E-state index contributed by atoms with van der Waals surface area (Å²) < 4.78 is 0. The monoisotopic (exact) mass is 207 g/mol. The second-order valence-corrected chi connectivity index (χ2v) is 4.66. The summed E-state index contributed by atoms with van der Waals surface area (Å²) in [5.74, 6) is 2.07. The Kier molecular flexibility index (Phi) is 2.84. The van der Waals surface area contributed by atoms with Crippen LogP contribution in [0, 0.1) is 17.8 Å². The summed E-state index contributed by atoms with van der Waals surface area (Å²) in [5, 5.41) is 6.36. The number of hydrogen-bond acceptors (Lipinski definition) is 3. The number of H-pyrrole nitrogens is 1. The van der Waals surface area contributed by atoms with E-state index in [0.717, 1.165) is 25.2 Å². The number of nitrogens with one attached hydrogen (secondary N) is 1. The number of hydrogen-bond donors (Lipinski definition) is 1. The molecule has 1 aromatic rings. The summed E-state index contributed by atoms with van der Waals surface area (Å²) in [5.41, 5.74) is 0. The first-order valence-corrected chi connectivity index (χ1v) is 5.58. The van der Waals surface area contributed by atoms with E-state index < -0.39 is 0 Å². The zero-order valence-electron chi connectivity index (χ0n) is 9.23. The lowest BCUT2D eigenvalue weighted by molar-refractivity contribution is 0.0827. The van der Waals surface area contributed by atoms with E-state index in [0.29, 0.717) is 11.7 Å². The SMILES string of the molecule is CC1CCC(C(=O)c2ncn[nH]2)CC1C. The molecule has 1 N–H and O–H groups in total. The van der Waals surface area contributed by atoms with Gasteiger partial charge < -0.3 is 0 Å². The number of ketones is 1. The topological polar surface area (TPSA) is 58.6 Å². The van der Waals surface area contributed by atoms with E-state index in [-0.39, 0.29) is 11.7 Å². The molecule has 0 aliphatic heterocycles. The second-order valence-electron chi connectivity index (χ2n) is 4.66. The molecule has 3 unspecified atom stereocenters. The average Bonchev–Trinajstić information content (AvgIpc) is 2.74.